The van der Waals surface area contributed by atoms with Crippen molar-refractivity contribution >= 4 is 5.78 Å². The van der Waals surface area contributed by atoms with Crippen molar-refractivity contribution in [2.45, 2.75) is 72.6 Å². The number of ketones is 1. The minimum atomic E-state index is -0.867. The SMILES string of the molecule is COc1ccc(Cn2c(CCCc3ccc(OC(C)(C)C(C)=O)cc3)nn(Cc3ccc(C)c(C)c3)c2=O)c(OC)c1. The molecule has 8 heteroatoms. The molecule has 0 saturated heterocycles. The molecule has 0 aliphatic heterocycles. The first-order valence-corrected chi connectivity index (χ1v) is 14.2. The van der Waals surface area contributed by atoms with Gasteiger partial charge in [0.15, 0.2) is 11.4 Å². The second kappa shape index (κ2) is 13.1. The monoisotopic (exact) mass is 571 g/mol. The van der Waals surface area contributed by atoms with Crippen molar-refractivity contribution in [1.29, 1.82) is 0 Å². The van der Waals surface area contributed by atoms with E-state index < -0.39 is 5.60 Å². The van der Waals surface area contributed by atoms with E-state index in [4.69, 9.17) is 19.3 Å². The van der Waals surface area contributed by atoms with E-state index in [9.17, 15) is 9.59 Å². The Balaban J connectivity index is 1.55. The van der Waals surface area contributed by atoms with Crippen molar-refractivity contribution in [3.63, 3.8) is 0 Å². The molecule has 4 rings (SSSR count). The van der Waals surface area contributed by atoms with E-state index in [0.29, 0.717) is 36.8 Å². The summed E-state index contributed by atoms with van der Waals surface area (Å²) in [6.45, 7) is 9.96. The number of ether oxygens (including phenoxy) is 3. The van der Waals surface area contributed by atoms with Crippen LogP contribution in [0.3, 0.4) is 0 Å². The number of nitrogens with zero attached hydrogens (tertiary/aromatic N) is 3. The predicted octanol–water partition coefficient (Wildman–Crippen LogP) is 5.70. The summed E-state index contributed by atoms with van der Waals surface area (Å²) in [7, 11) is 3.23. The third-order valence-corrected chi connectivity index (χ3v) is 7.74. The number of aryl methyl sites for hydroxylation is 4. The zero-order valence-electron chi connectivity index (χ0n) is 25.7. The van der Waals surface area contributed by atoms with Gasteiger partial charge in [0, 0.05) is 18.1 Å². The first-order valence-electron chi connectivity index (χ1n) is 14.2. The minimum Gasteiger partial charge on any atom is -0.497 e. The summed E-state index contributed by atoms with van der Waals surface area (Å²) in [5.74, 6) is 2.71. The number of carbonyl (C=O) groups excluding carboxylic acids is 1. The molecule has 1 aromatic heterocycles. The number of hydrogen-bond donors (Lipinski definition) is 0. The van der Waals surface area contributed by atoms with E-state index in [2.05, 4.69) is 26.0 Å². The van der Waals surface area contributed by atoms with Crippen molar-refractivity contribution in [3.05, 3.63) is 105 Å². The van der Waals surface area contributed by atoms with Crippen LogP contribution >= 0.6 is 0 Å². The van der Waals surface area contributed by atoms with Crippen molar-refractivity contribution in [2.24, 2.45) is 0 Å². The summed E-state index contributed by atoms with van der Waals surface area (Å²) in [5, 5.41) is 4.79. The van der Waals surface area contributed by atoms with Crippen LogP contribution in [0, 0.1) is 13.8 Å². The number of methoxy groups -OCH3 is 2. The predicted molar refractivity (Wildman–Crippen MR) is 164 cm³/mol. The van der Waals surface area contributed by atoms with E-state index in [1.54, 1.807) is 37.3 Å². The van der Waals surface area contributed by atoms with Crippen molar-refractivity contribution < 1.29 is 19.0 Å². The molecule has 8 nitrogen and oxygen atoms in total. The topological polar surface area (TPSA) is 84.6 Å². The van der Waals surface area contributed by atoms with E-state index in [1.807, 2.05) is 48.5 Å². The Bertz CT molecular complexity index is 1600. The summed E-state index contributed by atoms with van der Waals surface area (Å²) in [4.78, 5) is 25.5. The van der Waals surface area contributed by atoms with Gasteiger partial charge in [0.1, 0.15) is 23.1 Å². The molecule has 222 valence electrons. The van der Waals surface area contributed by atoms with Gasteiger partial charge >= 0.3 is 5.69 Å². The maximum Gasteiger partial charge on any atom is 0.346 e. The van der Waals surface area contributed by atoms with E-state index in [0.717, 1.165) is 35.4 Å². The first-order chi connectivity index (χ1) is 20.0. The maximum atomic E-state index is 13.7. The Morgan fingerprint density at radius 3 is 2.17 bits per heavy atom. The molecule has 0 aliphatic carbocycles. The highest BCUT2D eigenvalue weighted by Crippen LogP contribution is 2.26. The van der Waals surface area contributed by atoms with E-state index >= 15 is 0 Å². The highest BCUT2D eigenvalue weighted by molar-refractivity contribution is 5.84. The van der Waals surface area contributed by atoms with Gasteiger partial charge in [-0.05, 0) is 94.0 Å². The summed E-state index contributed by atoms with van der Waals surface area (Å²) in [5.41, 5.74) is 4.42. The van der Waals surface area contributed by atoms with Crippen LogP contribution in [0.1, 0.15) is 60.8 Å². The zero-order chi connectivity index (χ0) is 30.4. The molecule has 0 spiro atoms. The Morgan fingerprint density at radius 2 is 1.52 bits per heavy atom. The molecule has 4 aromatic rings. The molecular formula is C34H41N3O5. The summed E-state index contributed by atoms with van der Waals surface area (Å²) in [6.07, 6.45) is 2.24. The number of hydrogen-bond acceptors (Lipinski definition) is 6. The molecule has 0 fully saturated rings. The van der Waals surface area contributed by atoms with E-state index in [1.165, 1.54) is 18.1 Å². The van der Waals surface area contributed by atoms with Gasteiger partial charge in [-0.25, -0.2) is 9.48 Å². The fourth-order valence-electron chi connectivity index (χ4n) is 4.70. The van der Waals surface area contributed by atoms with Crippen molar-refractivity contribution in [3.8, 4) is 17.2 Å². The maximum absolute atomic E-state index is 13.7. The Kier molecular flexibility index (Phi) is 9.55. The number of Topliss-reactive ketones (excluding diaryl/α,β-unsaturated/α-hetero) is 1. The molecule has 0 atom stereocenters. The summed E-state index contributed by atoms with van der Waals surface area (Å²) >= 11 is 0. The smallest absolute Gasteiger partial charge is 0.346 e. The lowest BCUT2D eigenvalue weighted by molar-refractivity contribution is -0.129. The Labute approximate surface area is 247 Å². The minimum absolute atomic E-state index is 0.0261. The van der Waals surface area contributed by atoms with Crippen LogP contribution in [0.4, 0.5) is 0 Å². The number of aromatic nitrogens is 3. The number of rotatable bonds is 13. The van der Waals surface area contributed by atoms with Crippen LogP contribution in [0.25, 0.3) is 0 Å². The van der Waals surface area contributed by atoms with Crippen LogP contribution in [0.2, 0.25) is 0 Å². The van der Waals surface area contributed by atoms with Crippen molar-refractivity contribution in [1.82, 2.24) is 14.3 Å². The summed E-state index contributed by atoms with van der Waals surface area (Å²) < 4.78 is 20.1. The van der Waals surface area contributed by atoms with Gasteiger partial charge in [-0.3, -0.25) is 9.36 Å². The second-order valence-electron chi connectivity index (χ2n) is 11.2. The van der Waals surface area contributed by atoms with Gasteiger partial charge in [0.2, 0.25) is 0 Å². The quantitative estimate of drug-likeness (QED) is 0.205. The normalized spacial score (nSPS) is 11.4. The fraction of sp³-hybridized carbons (Fsp3) is 0.382. The Morgan fingerprint density at radius 1 is 0.833 bits per heavy atom. The van der Waals surface area contributed by atoms with Crippen LogP contribution in [-0.2, 0) is 30.7 Å². The molecule has 0 radical (unpaired) electrons. The molecular weight excluding hydrogens is 530 g/mol. The second-order valence-corrected chi connectivity index (χ2v) is 11.2. The van der Waals surface area contributed by atoms with Gasteiger partial charge in [0.25, 0.3) is 0 Å². The summed E-state index contributed by atoms with van der Waals surface area (Å²) in [6, 6.07) is 19.7. The molecule has 0 unspecified atom stereocenters. The van der Waals surface area contributed by atoms with Gasteiger partial charge in [-0.2, -0.15) is 5.10 Å². The number of carbonyl (C=O) groups is 1. The van der Waals surface area contributed by atoms with Gasteiger partial charge in [-0.15, -0.1) is 0 Å². The van der Waals surface area contributed by atoms with Crippen LogP contribution in [-0.4, -0.2) is 40.0 Å². The van der Waals surface area contributed by atoms with Crippen LogP contribution in [0.5, 0.6) is 17.2 Å². The lowest BCUT2D eigenvalue weighted by Crippen LogP contribution is -2.36. The molecule has 0 aliphatic rings. The standard InChI is InChI=1S/C34H41N3O5/c1-23-11-12-27(19-24(23)2)21-37-33(39)36(22-28-15-18-30(40-6)20-31(28)41-7)32(35-37)10-8-9-26-13-16-29(17-14-26)42-34(4,5)25(3)38/h11-20H,8-10,21-22H2,1-7H3. The van der Waals surface area contributed by atoms with Gasteiger partial charge in [0.05, 0.1) is 27.3 Å². The third kappa shape index (κ3) is 7.29. The molecule has 0 N–H and O–H groups in total. The Hall–Kier alpha value is -4.33. The van der Waals surface area contributed by atoms with Gasteiger partial charge < -0.3 is 14.2 Å². The highest BCUT2D eigenvalue weighted by Gasteiger charge is 2.25. The molecule has 0 bridgehead atoms. The zero-order valence-corrected chi connectivity index (χ0v) is 25.7. The molecule has 3 aromatic carbocycles. The molecule has 42 heavy (non-hydrogen) atoms. The lowest BCUT2D eigenvalue weighted by Gasteiger charge is -2.23. The first kappa shape index (κ1) is 30.6. The molecule has 0 amide bonds. The van der Waals surface area contributed by atoms with Crippen molar-refractivity contribution in [2.75, 3.05) is 14.2 Å². The lowest BCUT2D eigenvalue weighted by atomic mass is 10.0. The molecule has 0 saturated carbocycles. The number of benzene rings is 3. The fourth-order valence-corrected chi connectivity index (χ4v) is 4.70. The van der Waals surface area contributed by atoms with Crippen LogP contribution < -0.4 is 19.9 Å². The average Bonchev–Trinajstić information content (AvgIpc) is 3.25. The average molecular weight is 572 g/mol. The third-order valence-electron chi connectivity index (χ3n) is 7.74. The van der Waals surface area contributed by atoms with E-state index in [-0.39, 0.29) is 11.5 Å². The van der Waals surface area contributed by atoms with Crippen LogP contribution in [0.15, 0.2) is 65.5 Å². The largest absolute Gasteiger partial charge is 0.497 e. The van der Waals surface area contributed by atoms with Gasteiger partial charge in [-0.1, -0.05) is 30.3 Å². The highest BCUT2D eigenvalue weighted by atomic mass is 16.5. The molecule has 1 heterocycles.